The number of nitrogens with one attached hydrogen (secondary N) is 1. The van der Waals surface area contributed by atoms with Gasteiger partial charge in [0.25, 0.3) is 0 Å². The third-order valence-corrected chi connectivity index (χ3v) is 3.56. The third-order valence-electron chi connectivity index (χ3n) is 2.64. The van der Waals surface area contributed by atoms with Crippen molar-refractivity contribution in [3.8, 4) is 0 Å². The molecule has 0 fully saturated rings. The minimum atomic E-state index is -0.617. The Morgan fingerprint density at radius 3 is 2.47 bits per heavy atom. The van der Waals surface area contributed by atoms with Crippen molar-refractivity contribution in [1.29, 1.82) is 0 Å². The highest BCUT2D eigenvalue weighted by atomic mass is 79.9. The zero-order valence-corrected chi connectivity index (χ0v) is 12.3. The lowest BCUT2D eigenvalue weighted by Gasteiger charge is -2.18. The standard InChI is InChI=1S/C14H12BrClN2O/c15-12-8-9(16)6-7-11(12)13(14(17)19)18-10-4-2-1-3-5-10/h1-8,13,18H,(H2,17,19). The first-order chi connectivity index (χ1) is 9.08. The summed E-state index contributed by atoms with van der Waals surface area (Å²) in [6.07, 6.45) is 0. The Balaban J connectivity index is 2.33. The first kappa shape index (κ1) is 13.9. The Morgan fingerprint density at radius 2 is 1.89 bits per heavy atom. The van der Waals surface area contributed by atoms with Crippen molar-refractivity contribution in [1.82, 2.24) is 0 Å². The van der Waals surface area contributed by atoms with E-state index in [-0.39, 0.29) is 0 Å². The van der Waals surface area contributed by atoms with Gasteiger partial charge in [-0.2, -0.15) is 0 Å². The number of rotatable bonds is 4. The molecule has 0 aromatic heterocycles. The topological polar surface area (TPSA) is 55.1 Å². The molecule has 0 heterocycles. The van der Waals surface area contributed by atoms with E-state index in [4.69, 9.17) is 17.3 Å². The number of hydrogen-bond acceptors (Lipinski definition) is 2. The number of carbonyl (C=O) groups is 1. The number of hydrogen-bond donors (Lipinski definition) is 2. The molecular formula is C14H12BrClN2O. The van der Waals surface area contributed by atoms with E-state index in [0.717, 1.165) is 15.7 Å². The number of nitrogens with two attached hydrogens (primary N) is 1. The fraction of sp³-hybridized carbons (Fsp3) is 0.0714. The molecule has 0 aliphatic heterocycles. The van der Waals surface area contributed by atoms with Crippen molar-refractivity contribution in [2.45, 2.75) is 6.04 Å². The van der Waals surface area contributed by atoms with Gasteiger partial charge in [0.15, 0.2) is 0 Å². The third kappa shape index (κ3) is 3.49. The van der Waals surface area contributed by atoms with Crippen LogP contribution in [0.4, 0.5) is 5.69 Å². The van der Waals surface area contributed by atoms with Crippen LogP contribution < -0.4 is 11.1 Å². The zero-order valence-electron chi connectivity index (χ0n) is 9.94. The summed E-state index contributed by atoms with van der Waals surface area (Å²) in [6.45, 7) is 0. The molecule has 3 N–H and O–H groups in total. The van der Waals surface area contributed by atoms with E-state index in [1.54, 1.807) is 18.2 Å². The van der Waals surface area contributed by atoms with Crippen LogP contribution in [-0.4, -0.2) is 5.91 Å². The normalized spacial score (nSPS) is 11.9. The summed E-state index contributed by atoms with van der Waals surface area (Å²) in [5.41, 5.74) is 7.05. The van der Waals surface area contributed by atoms with Crippen LogP contribution >= 0.6 is 27.5 Å². The van der Waals surface area contributed by atoms with Crippen LogP contribution in [0.15, 0.2) is 53.0 Å². The molecule has 1 amide bonds. The van der Waals surface area contributed by atoms with Crippen molar-refractivity contribution in [3.63, 3.8) is 0 Å². The number of halogens is 2. The summed E-state index contributed by atoms with van der Waals surface area (Å²) < 4.78 is 0.743. The maximum Gasteiger partial charge on any atom is 0.244 e. The predicted octanol–water partition coefficient (Wildman–Crippen LogP) is 3.74. The van der Waals surface area contributed by atoms with Crippen LogP contribution in [0.5, 0.6) is 0 Å². The van der Waals surface area contributed by atoms with Gasteiger partial charge in [0.05, 0.1) is 0 Å². The van der Waals surface area contributed by atoms with Crippen LogP contribution in [0.2, 0.25) is 5.02 Å². The predicted molar refractivity (Wildman–Crippen MR) is 81.2 cm³/mol. The van der Waals surface area contributed by atoms with Gasteiger partial charge in [-0.3, -0.25) is 4.79 Å². The number of amides is 1. The Bertz CT molecular complexity index is 589. The average molecular weight is 340 g/mol. The van der Waals surface area contributed by atoms with Crippen LogP contribution in [0.1, 0.15) is 11.6 Å². The van der Waals surface area contributed by atoms with Crippen molar-refractivity contribution in [3.05, 3.63) is 63.6 Å². The second kappa shape index (κ2) is 6.08. The number of benzene rings is 2. The van der Waals surface area contributed by atoms with Gasteiger partial charge in [0.1, 0.15) is 6.04 Å². The maximum atomic E-state index is 11.6. The Morgan fingerprint density at radius 1 is 1.21 bits per heavy atom. The molecule has 1 unspecified atom stereocenters. The Kier molecular flexibility index (Phi) is 4.45. The van der Waals surface area contributed by atoms with Crippen molar-refractivity contribution < 1.29 is 4.79 Å². The van der Waals surface area contributed by atoms with E-state index in [1.807, 2.05) is 30.3 Å². The highest BCUT2D eigenvalue weighted by molar-refractivity contribution is 9.10. The summed E-state index contributed by atoms with van der Waals surface area (Å²) >= 11 is 9.29. The SMILES string of the molecule is NC(=O)C(Nc1ccccc1)c1ccc(Cl)cc1Br. The molecule has 0 aliphatic carbocycles. The molecule has 0 bridgehead atoms. The minimum absolute atomic E-state index is 0.452. The maximum absolute atomic E-state index is 11.6. The molecule has 1 atom stereocenters. The fourth-order valence-corrected chi connectivity index (χ4v) is 2.65. The molecule has 98 valence electrons. The van der Waals surface area contributed by atoms with E-state index in [9.17, 15) is 4.79 Å². The highest BCUT2D eigenvalue weighted by Crippen LogP contribution is 2.28. The Labute approximate surface area is 124 Å². The van der Waals surface area contributed by atoms with Crippen LogP contribution in [0.25, 0.3) is 0 Å². The second-order valence-corrected chi connectivity index (χ2v) is 5.30. The van der Waals surface area contributed by atoms with E-state index < -0.39 is 11.9 Å². The molecule has 2 rings (SSSR count). The van der Waals surface area contributed by atoms with Gasteiger partial charge in [0.2, 0.25) is 5.91 Å². The smallest absolute Gasteiger partial charge is 0.244 e. The zero-order chi connectivity index (χ0) is 13.8. The van der Waals surface area contributed by atoms with Crippen LogP contribution in [0, 0.1) is 0 Å². The number of carbonyl (C=O) groups excluding carboxylic acids is 1. The molecule has 0 saturated heterocycles. The lowest BCUT2D eigenvalue weighted by atomic mass is 10.1. The van der Waals surface area contributed by atoms with Crippen molar-refractivity contribution in [2.75, 3.05) is 5.32 Å². The van der Waals surface area contributed by atoms with Gasteiger partial charge in [-0.25, -0.2) is 0 Å². The molecule has 19 heavy (non-hydrogen) atoms. The van der Waals surface area contributed by atoms with E-state index in [1.165, 1.54) is 0 Å². The molecule has 3 nitrogen and oxygen atoms in total. The molecule has 0 saturated carbocycles. The van der Waals surface area contributed by atoms with Gasteiger partial charge in [-0.05, 0) is 29.8 Å². The van der Waals surface area contributed by atoms with E-state index >= 15 is 0 Å². The molecule has 2 aromatic rings. The second-order valence-electron chi connectivity index (χ2n) is 4.01. The summed E-state index contributed by atoms with van der Waals surface area (Å²) in [5, 5.41) is 3.70. The summed E-state index contributed by atoms with van der Waals surface area (Å²) in [7, 11) is 0. The minimum Gasteiger partial charge on any atom is -0.370 e. The van der Waals surface area contributed by atoms with Gasteiger partial charge >= 0.3 is 0 Å². The first-order valence-electron chi connectivity index (χ1n) is 5.64. The number of para-hydroxylation sites is 1. The van der Waals surface area contributed by atoms with Crippen LogP contribution in [0.3, 0.4) is 0 Å². The lowest BCUT2D eigenvalue weighted by Crippen LogP contribution is -2.28. The van der Waals surface area contributed by atoms with Gasteiger partial charge in [-0.1, -0.05) is 51.8 Å². The quantitative estimate of drug-likeness (QED) is 0.891. The lowest BCUT2D eigenvalue weighted by molar-refractivity contribution is -0.118. The van der Waals surface area contributed by atoms with E-state index in [0.29, 0.717) is 5.02 Å². The van der Waals surface area contributed by atoms with Gasteiger partial charge in [-0.15, -0.1) is 0 Å². The van der Waals surface area contributed by atoms with E-state index in [2.05, 4.69) is 21.2 Å². The van der Waals surface area contributed by atoms with Gasteiger partial charge < -0.3 is 11.1 Å². The summed E-state index contributed by atoms with van der Waals surface area (Å²) in [6, 6.07) is 14.0. The molecular weight excluding hydrogens is 328 g/mol. The fourth-order valence-electron chi connectivity index (χ4n) is 1.74. The first-order valence-corrected chi connectivity index (χ1v) is 6.81. The molecule has 0 aliphatic rings. The summed E-state index contributed by atoms with van der Waals surface area (Å²) in [4.78, 5) is 11.6. The molecule has 5 heteroatoms. The summed E-state index contributed by atoms with van der Waals surface area (Å²) in [5.74, 6) is -0.452. The molecule has 2 aromatic carbocycles. The monoisotopic (exact) mass is 338 g/mol. The number of anilines is 1. The van der Waals surface area contributed by atoms with Crippen molar-refractivity contribution in [2.24, 2.45) is 5.73 Å². The van der Waals surface area contributed by atoms with Crippen LogP contribution in [-0.2, 0) is 4.79 Å². The molecule has 0 radical (unpaired) electrons. The largest absolute Gasteiger partial charge is 0.370 e. The number of primary amides is 1. The molecule has 0 spiro atoms. The van der Waals surface area contributed by atoms with Crippen molar-refractivity contribution >= 4 is 39.1 Å². The Hall–Kier alpha value is -1.52. The van der Waals surface area contributed by atoms with Gasteiger partial charge in [0, 0.05) is 15.2 Å². The highest BCUT2D eigenvalue weighted by Gasteiger charge is 2.20. The average Bonchev–Trinajstić information content (AvgIpc) is 2.38.